The summed E-state index contributed by atoms with van der Waals surface area (Å²) in [5.74, 6) is -1.19. The van der Waals surface area contributed by atoms with Crippen molar-refractivity contribution in [2.45, 2.75) is 38.4 Å². The lowest BCUT2D eigenvalue weighted by Gasteiger charge is -2.26. The standard InChI is InChI=1S/C29H25BrN6O3/c1-17-7-6-8-18(2)26(17)35-28(38)25-27(29(35)39)34(33-31-25)16-24(37)36-23(20-9-4-3-5-10-20)15-22(32-36)19-11-13-21(30)14-12-19/h3-14,23,25,27H,15-16H2,1-2H3/t23-,25+,27+/m0/s1. The van der Waals surface area contributed by atoms with Gasteiger partial charge in [0.05, 0.1) is 17.4 Å². The van der Waals surface area contributed by atoms with E-state index in [-0.39, 0.29) is 18.5 Å². The van der Waals surface area contributed by atoms with Gasteiger partial charge in [-0.05, 0) is 48.2 Å². The number of halogens is 1. The van der Waals surface area contributed by atoms with Crippen LogP contribution in [-0.2, 0) is 14.4 Å². The molecular formula is C29H25BrN6O3. The summed E-state index contributed by atoms with van der Waals surface area (Å²) in [5, 5.41) is 15.7. The van der Waals surface area contributed by atoms with Gasteiger partial charge in [0.2, 0.25) is 0 Å². The molecule has 1 fully saturated rings. The van der Waals surface area contributed by atoms with Crippen LogP contribution in [0.25, 0.3) is 0 Å². The summed E-state index contributed by atoms with van der Waals surface area (Å²) in [5.41, 5.74) is 4.87. The van der Waals surface area contributed by atoms with Gasteiger partial charge in [-0.1, -0.05) is 81.8 Å². The van der Waals surface area contributed by atoms with E-state index in [0.717, 1.165) is 32.4 Å². The Hall–Kier alpha value is -4.18. The SMILES string of the molecule is Cc1cccc(C)c1N1C(=O)[C@@H]2N=NN(CC(=O)N3N=C(c4ccc(Br)cc4)C[C@H]3c3ccccc3)[C@H]2C1=O. The highest BCUT2D eigenvalue weighted by Crippen LogP contribution is 2.37. The second-order valence-electron chi connectivity index (χ2n) is 9.87. The van der Waals surface area contributed by atoms with Gasteiger partial charge >= 0.3 is 0 Å². The number of nitrogens with zero attached hydrogens (tertiary/aromatic N) is 6. The molecule has 3 heterocycles. The predicted octanol–water partition coefficient (Wildman–Crippen LogP) is 4.74. The number of imide groups is 1. The van der Waals surface area contributed by atoms with Crippen LogP contribution in [-0.4, -0.2) is 52.1 Å². The molecule has 9 nitrogen and oxygen atoms in total. The van der Waals surface area contributed by atoms with Crippen molar-refractivity contribution in [1.82, 2.24) is 10.0 Å². The first-order valence-electron chi connectivity index (χ1n) is 12.7. The Morgan fingerprint density at radius 2 is 1.62 bits per heavy atom. The fourth-order valence-corrected chi connectivity index (χ4v) is 5.70. The highest BCUT2D eigenvalue weighted by molar-refractivity contribution is 9.10. The Bertz CT molecular complexity index is 1520. The molecular weight excluding hydrogens is 560 g/mol. The van der Waals surface area contributed by atoms with Crippen molar-refractivity contribution in [1.29, 1.82) is 0 Å². The summed E-state index contributed by atoms with van der Waals surface area (Å²) >= 11 is 3.46. The molecule has 0 unspecified atom stereocenters. The summed E-state index contributed by atoms with van der Waals surface area (Å²) in [6.45, 7) is 3.49. The maximum absolute atomic E-state index is 13.7. The molecule has 3 aliphatic heterocycles. The van der Waals surface area contributed by atoms with E-state index in [2.05, 4.69) is 26.3 Å². The molecule has 0 radical (unpaired) electrons. The Morgan fingerprint density at radius 1 is 0.923 bits per heavy atom. The van der Waals surface area contributed by atoms with Crippen molar-refractivity contribution in [3.8, 4) is 0 Å². The van der Waals surface area contributed by atoms with Crippen molar-refractivity contribution in [3.05, 3.63) is 99.5 Å². The monoisotopic (exact) mass is 584 g/mol. The average Bonchev–Trinajstić information content (AvgIpc) is 3.62. The van der Waals surface area contributed by atoms with Crippen molar-refractivity contribution in [2.24, 2.45) is 15.4 Å². The minimum atomic E-state index is -0.977. The van der Waals surface area contributed by atoms with E-state index in [0.29, 0.717) is 12.1 Å². The van der Waals surface area contributed by atoms with Crippen LogP contribution in [0.3, 0.4) is 0 Å². The first-order chi connectivity index (χ1) is 18.8. The van der Waals surface area contributed by atoms with E-state index in [9.17, 15) is 14.4 Å². The number of hydrogen-bond acceptors (Lipinski definition) is 7. The lowest BCUT2D eigenvalue weighted by Crippen LogP contribution is -2.45. The van der Waals surface area contributed by atoms with Gasteiger partial charge in [0.25, 0.3) is 17.7 Å². The number of hydrazone groups is 1. The molecule has 3 atom stereocenters. The Balaban J connectivity index is 1.27. The fraction of sp³-hybridized carbons (Fsp3) is 0.241. The van der Waals surface area contributed by atoms with E-state index in [4.69, 9.17) is 5.10 Å². The maximum Gasteiger partial charge on any atom is 0.264 e. The van der Waals surface area contributed by atoms with E-state index in [1.54, 1.807) is 0 Å². The lowest BCUT2D eigenvalue weighted by molar-refractivity contribution is -0.135. The number of carbonyl (C=O) groups excluding carboxylic acids is 3. The Morgan fingerprint density at radius 3 is 2.31 bits per heavy atom. The van der Waals surface area contributed by atoms with Crippen LogP contribution in [0, 0.1) is 13.8 Å². The topological polar surface area (TPSA) is 98.0 Å². The van der Waals surface area contributed by atoms with Crippen molar-refractivity contribution >= 4 is 45.1 Å². The third-order valence-corrected chi connectivity index (χ3v) is 7.87. The summed E-state index contributed by atoms with van der Waals surface area (Å²) in [6.07, 6.45) is 0.544. The molecule has 3 aliphatic rings. The molecule has 0 saturated carbocycles. The van der Waals surface area contributed by atoms with Gasteiger partial charge in [-0.15, -0.1) is 0 Å². The number of para-hydroxylation sites is 1. The minimum absolute atomic E-state index is 0.231. The van der Waals surface area contributed by atoms with Gasteiger partial charge in [-0.2, -0.15) is 10.2 Å². The molecule has 0 N–H and O–H groups in total. The number of anilines is 1. The maximum atomic E-state index is 13.7. The second-order valence-corrected chi connectivity index (χ2v) is 10.8. The van der Waals surface area contributed by atoms with Crippen LogP contribution >= 0.6 is 15.9 Å². The van der Waals surface area contributed by atoms with Crippen LogP contribution in [0.15, 0.2) is 92.7 Å². The van der Waals surface area contributed by atoms with Crippen molar-refractivity contribution < 1.29 is 14.4 Å². The van der Waals surface area contributed by atoms with Gasteiger partial charge in [-0.3, -0.25) is 19.4 Å². The van der Waals surface area contributed by atoms with E-state index in [1.165, 1.54) is 14.9 Å². The molecule has 10 heteroatoms. The molecule has 1 saturated heterocycles. The zero-order valence-corrected chi connectivity index (χ0v) is 22.9. The Kier molecular flexibility index (Phi) is 6.34. The molecule has 3 aromatic carbocycles. The average molecular weight is 585 g/mol. The first-order valence-corrected chi connectivity index (χ1v) is 13.4. The van der Waals surface area contributed by atoms with Gasteiger partial charge in [0.1, 0.15) is 6.54 Å². The van der Waals surface area contributed by atoms with E-state index >= 15 is 0 Å². The van der Waals surface area contributed by atoms with Gasteiger partial charge in [0.15, 0.2) is 12.1 Å². The van der Waals surface area contributed by atoms with Gasteiger partial charge in [0, 0.05) is 10.9 Å². The number of aryl methyl sites for hydroxylation is 2. The molecule has 3 amide bonds. The number of hydrogen-bond donors (Lipinski definition) is 0. The summed E-state index contributed by atoms with van der Waals surface area (Å²) < 4.78 is 0.956. The van der Waals surface area contributed by atoms with Crippen LogP contribution in [0.4, 0.5) is 5.69 Å². The number of fused-ring (bicyclic) bond motifs is 1. The highest BCUT2D eigenvalue weighted by Gasteiger charge is 2.55. The smallest absolute Gasteiger partial charge is 0.264 e. The van der Waals surface area contributed by atoms with Crippen molar-refractivity contribution in [3.63, 3.8) is 0 Å². The number of rotatable bonds is 5. The quantitative estimate of drug-likeness (QED) is 0.404. The van der Waals surface area contributed by atoms with Gasteiger partial charge in [-0.25, -0.2) is 9.91 Å². The van der Waals surface area contributed by atoms with E-state index in [1.807, 2.05) is 86.6 Å². The fourth-order valence-electron chi connectivity index (χ4n) is 5.44. The number of amides is 3. The zero-order chi connectivity index (χ0) is 27.3. The molecule has 0 bridgehead atoms. The van der Waals surface area contributed by atoms with Crippen molar-refractivity contribution in [2.75, 3.05) is 11.4 Å². The molecule has 196 valence electrons. The van der Waals surface area contributed by atoms with Gasteiger partial charge < -0.3 is 0 Å². The summed E-state index contributed by atoms with van der Waals surface area (Å²) in [6, 6.07) is 20.9. The molecule has 39 heavy (non-hydrogen) atoms. The summed E-state index contributed by atoms with van der Waals surface area (Å²) in [7, 11) is 0. The van der Waals surface area contributed by atoms with Crippen LogP contribution in [0.1, 0.15) is 34.7 Å². The van der Waals surface area contributed by atoms with E-state index < -0.39 is 23.9 Å². The summed E-state index contributed by atoms with van der Waals surface area (Å²) in [4.78, 5) is 41.7. The largest absolute Gasteiger partial charge is 0.271 e. The zero-order valence-electron chi connectivity index (χ0n) is 21.4. The second kappa shape index (κ2) is 9.85. The molecule has 0 aliphatic carbocycles. The van der Waals surface area contributed by atoms with Crippen LogP contribution in [0.2, 0.25) is 0 Å². The predicted molar refractivity (Wildman–Crippen MR) is 149 cm³/mol. The van der Waals surface area contributed by atoms with Crippen LogP contribution in [0.5, 0.6) is 0 Å². The third-order valence-electron chi connectivity index (χ3n) is 7.35. The first kappa shape index (κ1) is 25.1. The number of carbonyl (C=O) groups is 3. The van der Waals surface area contributed by atoms with Crippen LogP contribution < -0.4 is 4.90 Å². The molecule has 3 aromatic rings. The third kappa shape index (κ3) is 4.34. The number of benzene rings is 3. The minimum Gasteiger partial charge on any atom is -0.271 e. The lowest BCUT2D eigenvalue weighted by atomic mass is 9.98. The molecule has 0 aromatic heterocycles. The highest BCUT2D eigenvalue weighted by atomic mass is 79.9. The normalized spacial score (nSPS) is 22.1. The Labute approximate surface area is 233 Å². The molecule has 0 spiro atoms. The molecule has 6 rings (SSSR count).